The number of nitrogens with one attached hydrogen (secondary N) is 1. The zero-order valence-electron chi connectivity index (χ0n) is 20.4. The quantitative estimate of drug-likeness (QED) is 0.547. The first-order chi connectivity index (χ1) is 16.8. The molecular weight excluding hydrogens is 444 g/mol. The summed E-state index contributed by atoms with van der Waals surface area (Å²) in [6, 6.07) is 16.1. The summed E-state index contributed by atoms with van der Waals surface area (Å²) in [5.41, 5.74) is 4.63. The molecule has 0 bridgehead atoms. The number of carboxylic acids is 1. The highest BCUT2D eigenvalue weighted by Gasteiger charge is 2.35. The summed E-state index contributed by atoms with van der Waals surface area (Å²) in [5, 5.41) is 12.0. The molecule has 0 radical (unpaired) electrons. The van der Waals surface area contributed by atoms with Gasteiger partial charge in [-0.2, -0.15) is 0 Å². The van der Waals surface area contributed by atoms with Gasteiger partial charge in [0.15, 0.2) is 0 Å². The number of rotatable bonds is 9. The fraction of sp³-hybridized carbons (Fsp3) is 0.464. The normalized spacial score (nSPS) is 17.7. The van der Waals surface area contributed by atoms with Crippen LogP contribution in [0.5, 0.6) is 0 Å². The summed E-state index contributed by atoms with van der Waals surface area (Å²) < 4.78 is 5.62. The minimum Gasteiger partial charge on any atom is -0.481 e. The molecule has 0 aromatic heterocycles. The van der Waals surface area contributed by atoms with E-state index >= 15 is 0 Å². The van der Waals surface area contributed by atoms with Gasteiger partial charge in [-0.3, -0.25) is 9.59 Å². The number of ether oxygens (including phenoxy) is 1. The zero-order chi connectivity index (χ0) is 24.9. The van der Waals surface area contributed by atoms with Gasteiger partial charge in [-0.05, 0) is 47.4 Å². The average Bonchev–Trinajstić information content (AvgIpc) is 3.41. The number of nitrogens with zero attached hydrogens (tertiary/aromatic N) is 1. The van der Waals surface area contributed by atoms with Crippen molar-refractivity contribution in [1.29, 1.82) is 0 Å². The molecule has 1 aliphatic carbocycles. The van der Waals surface area contributed by atoms with Crippen molar-refractivity contribution in [3.05, 3.63) is 59.7 Å². The van der Waals surface area contributed by atoms with Gasteiger partial charge in [0.1, 0.15) is 6.61 Å². The van der Waals surface area contributed by atoms with Crippen LogP contribution in [0.15, 0.2) is 48.5 Å². The number of carboxylic acid groups (broad SMARTS) is 1. The van der Waals surface area contributed by atoms with Gasteiger partial charge in [0.25, 0.3) is 0 Å². The Morgan fingerprint density at radius 1 is 1.06 bits per heavy atom. The standard InChI is InChI=1S/C28H34N2O5/c1-18(2)14-19(27(33)30-13-7-8-20(30)15-26(31)32)16-29-28(34)35-17-25-23-11-5-3-9-21(23)22-10-4-6-12-24(22)25/h3-6,9-12,18-20,25H,7-8,13-17H2,1-2H3,(H,29,34)(H,31,32)/t19?,20-/m0/s1. The van der Waals surface area contributed by atoms with Gasteiger partial charge in [0, 0.05) is 25.0 Å². The highest BCUT2D eigenvalue weighted by Crippen LogP contribution is 2.44. The Kier molecular flexibility index (Phi) is 7.73. The minimum absolute atomic E-state index is 0.0254. The number of carbonyl (C=O) groups excluding carboxylic acids is 2. The number of amides is 2. The first-order valence-electron chi connectivity index (χ1n) is 12.5. The van der Waals surface area contributed by atoms with Crippen LogP contribution in [-0.4, -0.2) is 53.7 Å². The van der Waals surface area contributed by atoms with Crippen LogP contribution in [0.3, 0.4) is 0 Å². The lowest BCUT2D eigenvalue weighted by molar-refractivity contribution is -0.141. The van der Waals surface area contributed by atoms with Crippen molar-refractivity contribution in [2.45, 2.75) is 51.5 Å². The lowest BCUT2D eigenvalue weighted by atomic mass is 9.95. The first kappa shape index (κ1) is 24.8. The number of hydrogen-bond donors (Lipinski definition) is 2. The van der Waals surface area contributed by atoms with E-state index in [1.807, 2.05) is 38.1 Å². The van der Waals surface area contributed by atoms with Gasteiger partial charge in [-0.15, -0.1) is 0 Å². The maximum absolute atomic E-state index is 13.3. The number of likely N-dealkylation sites (tertiary alicyclic amines) is 1. The third-order valence-corrected chi connectivity index (χ3v) is 7.01. The maximum atomic E-state index is 13.3. The van der Waals surface area contributed by atoms with Crippen LogP contribution in [0.25, 0.3) is 11.1 Å². The van der Waals surface area contributed by atoms with E-state index in [0.717, 1.165) is 17.5 Å². The zero-order valence-corrected chi connectivity index (χ0v) is 20.4. The Hall–Kier alpha value is -3.35. The molecule has 2 atom stereocenters. The molecule has 2 aliphatic rings. The van der Waals surface area contributed by atoms with E-state index in [-0.39, 0.29) is 43.4 Å². The van der Waals surface area contributed by atoms with Gasteiger partial charge in [0.05, 0.1) is 12.3 Å². The number of benzene rings is 2. The highest BCUT2D eigenvalue weighted by atomic mass is 16.5. The molecule has 2 N–H and O–H groups in total. The van der Waals surface area contributed by atoms with Crippen LogP contribution in [0.2, 0.25) is 0 Å². The summed E-state index contributed by atoms with van der Waals surface area (Å²) in [5.74, 6) is -1.16. The second kappa shape index (κ2) is 10.9. The molecule has 2 aromatic rings. The van der Waals surface area contributed by atoms with E-state index in [2.05, 4.69) is 29.6 Å². The van der Waals surface area contributed by atoms with Gasteiger partial charge >= 0.3 is 12.1 Å². The molecular formula is C28H34N2O5. The maximum Gasteiger partial charge on any atom is 0.407 e. The van der Waals surface area contributed by atoms with Crippen LogP contribution in [0.4, 0.5) is 4.79 Å². The summed E-state index contributed by atoms with van der Waals surface area (Å²) in [6.07, 6.45) is 1.53. The summed E-state index contributed by atoms with van der Waals surface area (Å²) >= 11 is 0. The van der Waals surface area contributed by atoms with Crippen molar-refractivity contribution in [3.63, 3.8) is 0 Å². The van der Waals surface area contributed by atoms with E-state index in [9.17, 15) is 19.5 Å². The molecule has 1 fully saturated rings. The molecule has 1 aliphatic heterocycles. The summed E-state index contributed by atoms with van der Waals surface area (Å²) in [7, 11) is 0. The number of carbonyl (C=O) groups is 3. The molecule has 0 saturated carbocycles. The van der Waals surface area contributed by atoms with E-state index in [0.29, 0.717) is 19.4 Å². The van der Waals surface area contributed by atoms with Crippen molar-refractivity contribution in [3.8, 4) is 11.1 Å². The van der Waals surface area contributed by atoms with Gasteiger partial charge in [-0.1, -0.05) is 62.4 Å². The van der Waals surface area contributed by atoms with Crippen molar-refractivity contribution in [2.75, 3.05) is 19.7 Å². The summed E-state index contributed by atoms with van der Waals surface area (Å²) in [6.45, 7) is 5.02. The lowest BCUT2D eigenvalue weighted by Gasteiger charge is -2.29. The van der Waals surface area contributed by atoms with E-state index in [1.165, 1.54) is 11.1 Å². The van der Waals surface area contributed by atoms with Crippen molar-refractivity contribution in [2.24, 2.45) is 11.8 Å². The predicted octanol–water partition coefficient (Wildman–Crippen LogP) is 4.65. The molecule has 2 aromatic carbocycles. The summed E-state index contributed by atoms with van der Waals surface area (Å²) in [4.78, 5) is 38.8. The number of aliphatic carboxylic acids is 1. The molecule has 4 rings (SSSR count). The number of hydrogen-bond acceptors (Lipinski definition) is 4. The van der Waals surface area contributed by atoms with Crippen LogP contribution >= 0.6 is 0 Å². The van der Waals surface area contributed by atoms with Gasteiger partial charge in [0.2, 0.25) is 5.91 Å². The van der Waals surface area contributed by atoms with E-state index in [4.69, 9.17) is 4.74 Å². The van der Waals surface area contributed by atoms with Crippen LogP contribution < -0.4 is 5.32 Å². The van der Waals surface area contributed by atoms with E-state index in [1.54, 1.807) is 4.90 Å². The Bertz CT molecular complexity index is 1040. The fourth-order valence-corrected chi connectivity index (χ4v) is 5.47. The topological polar surface area (TPSA) is 95.9 Å². The molecule has 0 spiro atoms. The molecule has 1 saturated heterocycles. The van der Waals surface area contributed by atoms with Crippen LogP contribution in [-0.2, 0) is 14.3 Å². The second-order valence-corrected chi connectivity index (χ2v) is 9.96. The Balaban J connectivity index is 1.36. The van der Waals surface area contributed by atoms with Crippen molar-refractivity contribution >= 4 is 18.0 Å². The minimum atomic E-state index is -0.896. The van der Waals surface area contributed by atoms with E-state index < -0.39 is 18.0 Å². The largest absolute Gasteiger partial charge is 0.481 e. The Morgan fingerprint density at radius 3 is 2.29 bits per heavy atom. The lowest BCUT2D eigenvalue weighted by Crippen LogP contribution is -2.45. The number of fused-ring (bicyclic) bond motifs is 3. The average molecular weight is 479 g/mol. The fourth-order valence-electron chi connectivity index (χ4n) is 5.47. The molecule has 1 unspecified atom stereocenters. The molecule has 7 nitrogen and oxygen atoms in total. The predicted molar refractivity (Wildman–Crippen MR) is 133 cm³/mol. The van der Waals surface area contributed by atoms with Crippen molar-refractivity contribution in [1.82, 2.24) is 10.2 Å². The molecule has 186 valence electrons. The van der Waals surface area contributed by atoms with Gasteiger partial charge < -0.3 is 20.1 Å². The first-order valence-corrected chi connectivity index (χ1v) is 12.5. The third-order valence-electron chi connectivity index (χ3n) is 7.01. The monoisotopic (exact) mass is 478 g/mol. The Morgan fingerprint density at radius 2 is 1.69 bits per heavy atom. The highest BCUT2D eigenvalue weighted by molar-refractivity contribution is 5.81. The van der Waals surface area contributed by atoms with Crippen molar-refractivity contribution < 1.29 is 24.2 Å². The molecule has 1 heterocycles. The third kappa shape index (κ3) is 5.66. The smallest absolute Gasteiger partial charge is 0.407 e. The van der Waals surface area contributed by atoms with Crippen LogP contribution in [0.1, 0.15) is 56.6 Å². The SMILES string of the molecule is CC(C)CC(CNC(=O)OCC1c2ccccc2-c2ccccc21)C(=O)N1CCC[C@H]1CC(=O)O. The second-order valence-electron chi connectivity index (χ2n) is 9.96. The number of alkyl carbamates (subject to hydrolysis) is 1. The molecule has 35 heavy (non-hydrogen) atoms. The Labute approximate surface area is 206 Å². The van der Waals surface area contributed by atoms with Gasteiger partial charge in [-0.25, -0.2) is 4.79 Å². The molecule has 7 heteroatoms. The molecule has 2 amide bonds. The van der Waals surface area contributed by atoms with Crippen LogP contribution in [0, 0.1) is 11.8 Å².